The van der Waals surface area contributed by atoms with Crippen LogP contribution in [0, 0.1) is 12.8 Å². The molecule has 0 aliphatic carbocycles. The van der Waals surface area contributed by atoms with Gasteiger partial charge in [-0.25, -0.2) is 4.98 Å². The lowest BCUT2D eigenvalue weighted by Crippen LogP contribution is -2.34. The average molecular weight is 331 g/mol. The van der Waals surface area contributed by atoms with Crippen molar-refractivity contribution in [3.8, 4) is 0 Å². The third-order valence-corrected chi connectivity index (χ3v) is 5.35. The second-order valence-electron chi connectivity index (χ2n) is 6.30. The summed E-state index contributed by atoms with van der Waals surface area (Å²) in [5, 5.41) is 13.8. The van der Waals surface area contributed by atoms with Crippen LogP contribution >= 0.6 is 11.3 Å². The van der Waals surface area contributed by atoms with Gasteiger partial charge in [-0.3, -0.25) is 4.90 Å². The van der Waals surface area contributed by atoms with E-state index in [-0.39, 0.29) is 0 Å². The minimum absolute atomic E-state index is 0.338. The summed E-state index contributed by atoms with van der Waals surface area (Å²) in [6.45, 7) is 6.37. The average Bonchev–Trinajstić information content (AvgIpc) is 3.00. The van der Waals surface area contributed by atoms with Crippen LogP contribution < -0.4 is 5.32 Å². The third kappa shape index (κ3) is 4.77. The number of nitrogens with one attached hydrogen (secondary N) is 1. The van der Waals surface area contributed by atoms with E-state index in [4.69, 9.17) is 0 Å². The van der Waals surface area contributed by atoms with Crippen molar-refractivity contribution in [2.24, 2.45) is 5.92 Å². The van der Waals surface area contributed by atoms with Crippen molar-refractivity contribution in [3.05, 3.63) is 45.9 Å². The monoisotopic (exact) mass is 331 g/mol. The van der Waals surface area contributed by atoms with Crippen LogP contribution in [-0.4, -0.2) is 34.7 Å². The largest absolute Gasteiger partial charge is 0.396 e. The van der Waals surface area contributed by atoms with E-state index in [0.717, 1.165) is 44.0 Å². The molecule has 1 aliphatic heterocycles. The van der Waals surface area contributed by atoms with Crippen molar-refractivity contribution < 1.29 is 5.11 Å². The first-order valence-corrected chi connectivity index (χ1v) is 9.12. The van der Waals surface area contributed by atoms with E-state index in [9.17, 15) is 5.11 Å². The fourth-order valence-electron chi connectivity index (χ4n) is 3.04. The van der Waals surface area contributed by atoms with Crippen LogP contribution in [0.5, 0.6) is 0 Å². The lowest BCUT2D eigenvalue weighted by atomic mass is 9.97. The van der Waals surface area contributed by atoms with Gasteiger partial charge < -0.3 is 10.4 Å². The molecule has 0 bridgehead atoms. The van der Waals surface area contributed by atoms with Gasteiger partial charge in [0, 0.05) is 29.9 Å². The highest BCUT2D eigenvalue weighted by atomic mass is 32.1. The molecule has 2 N–H and O–H groups in total. The minimum atomic E-state index is 0.338. The Labute approximate surface area is 142 Å². The Kier molecular flexibility index (Phi) is 5.65. The zero-order valence-corrected chi connectivity index (χ0v) is 14.5. The number of aliphatic hydroxyl groups excluding tert-OH is 1. The van der Waals surface area contributed by atoms with Gasteiger partial charge >= 0.3 is 0 Å². The molecule has 0 amide bonds. The molecule has 0 spiro atoms. The molecule has 1 aromatic heterocycles. The quantitative estimate of drug-likeness (QED) is 0.853. The number of hydrogen-bond acceptors (Lipinski definition) is 5. The Morgan fingerprint density at radius 2 is 2.17 bits per heavy atom. The number of rotatable bonds is 6. The summed E-state index contributed by atoms with van der Waals surface area (Å²) in [6.07, 6.45) is 4.17. The standard InChI is InChI=1S/C18H25N3OS/c1-14-19-10-18(23-14)11-20-17-4-2-3-16(9-17)12-21-7-5-15(13-22)6-8-21/h2-4,9-10,15,20,22H,5-8,11-13H2,1H3. The number of aromatic nitrogens is 1. The van der Waals surface area contributed by atoms with E-state index < -0.39 is 0 Å². The first-order chi connectivity index (χ1) is 11.2. The molecule has 23 heavy (non-hydrogen) atoms. The topological polar surface area (TPSA) is 48.4 Å². The number of aliphatic hydroxyl groups is 1. The molecule has 1 saturated heterocycles. The van der Waals surface area contributed by atoms with Gasteiger partial charge in [-0.05, 0) is 56.5 Å². The predicted molar refractivity (Wildman–Crippen MR) is 95.7 cm³/mol. The SMILES string of the molecule is Cc1ncc(CNc2cccc(CN3CCC(CO)CC3)c2)s1. The predicted octanol–water partition coefficient (Wildman–Crippen LogP) is 3.27. The van der Waals surface area contributed by atoms with Gasteiger partial charge in [-0.1, -0.05) is 12.1 Å². The van der Waals surface area contributed by atoms with E-state index in [1.54, 1.807) is 11.3 Å². The zero-order valence-electron chi connectivity index (χ0n) is 13.7. The molecule has 3 rings (SSSR count). The van der Waals surface area contributed by atoms with Crippen LogP contribution in [0.4, 0.5) is 5.69 Å². The summed E-state index contributed by atoms with van der Waals surface area (Å²) in [5.74, 6) is 0.502. The van der Waals surface area contributed by atoms with Gasteiger partial charge in [0.15, 0.2) is 0 Å². The summed E-state index contributed by atoms with van der Waals surface area (Å²) in [5.41, 5.74) is 2.51. The Hall–Kier alpha value is -1.43. The Morgan fingerprint density at radius 3 is 2.87 bits per heavy atom. The Bertz CT molecular complexity index is 620. The van der Waals surface area contributed by atoms with Crippen LogP contribution in [0.25, 0.3) is 0 Å². The second-order valence-corrected chi connectivity index (χ2v) is 7.62. The number of piperidine rings is 1. The lowest BCUT2D eigenvalue weighted by Gasteiger charge is -2.31. The number of thiazole rings is 1. The third-order valence-electron chi connectivity index (χ3n) is 4.43. The molecule has 0 radical (unpaired) electrons. The maximum Gasteiger partial charge on any atom is 0.0897 e. The molecule has 0 atom stereocenters. The summed E-state index contributed by atoms with van der Waals surface area (Å²) in [6, 6.07) is 8.68. The summed E-state index contributed by atoms with van der Waals surface area (Å²) in [4.78, 5) is 8.04. The van der Waals surface area contributed by atoms with Crippen LogP contribution in [0.1, 0.15) is 28.3 Å². The van der Waals surface area contributed by atoms with E-state index in [0.29, 0.717) is 12.5 Å². The molecule has 1 aromatic carbocycles. The fourth-order valence-corrected chi connectivity index (χ4v) is 3.78. The molecule has 5 heteroatoms. The molecule has 0 unspecified atom stereocenters. The molecular formula is C18H25N3OS. The lowest BCUT2D eigenvalue weighted by molar-refractivity contribution is 0.127. The highest BCUT2D eigenvalue weighted by Gasteiger charge is 2.18. The smallest absolute Gasteiger partial charge is 0.0897 e. The van der Waals surface area contributed by atoms with Crippen molar-refractivity contribution in [1.29, 1.82) is 0 Å². The first kappa shape index (κ1) is 16.4. The fraction of sp³-hybridized carbons (Fsp3) is 0.500. The van der Waals surface area contributed by atoms with Gasteiger partial charge in [0.25, 0.3) is 0 Å². The second kappa shape index (κ2) is 7.90. The Morgan fingerprint density at radius 1 is 1.35 bits per heavy atom. The van der Waals surface area contributed by atoms with E-state index in [2.05, 4.69) is 39.5 Å². The first-order valence-electron chi connectivity index (χ1n) is 8.30. The van der Waals surface area contributed by atoms with Gasteiger partial charge in [-0.15, -0.1) is 11.3 Å². The molecular weight excluding hydrogens is 306 g/mol. The molecule has 1 fully saturated rings. The number of likely N-dealkylation sites (tertiary alicyclic amines) is 1. The highest BCUT2D eigenvalue weighted by Crippen LogP contribution is 2.20. The van der Waals surface area contributed by atoms with Crippen molar-refractivity contribution in [3.63, 3.8) is 0 Å². The number of hydrogen-bond donors (Lipinski definition) is 2. The molecule has 1 aliphatic rings. The van der Waals surface area contributed by atoms with E-state index in [1.165, 1.54) is 16.1 Å². The maximum atomic E-state index is 9.23. The van der Waals surface area contributed by atoms with Crippen LogP contribution in [0.15, 0.2) is 30.5 Å². The maximum absolute atomic E-state index is 9.23. The van der Waals surface area contributed by atoms with Crippen LogP contribution in [0.3, 0.4) is 0 Å². The van der Waals surface area contributed by atoms with Gasteiger partial charge in [-0.2, -0.15) is 0 Å². The van der Waals surface area contributed by atoms with Gasteiger partial charge in [0.2, 0.25) is 0 Å². The van der Waals surface area contributed by atoms with Crippen molar-refractivity contribution in [1.82, 2.24) is 9.88 Å². The van der Waals surface area contributed by atoms with Crippen LogP contribution in [0.2, 0.25) is 0 Å². The number of benzene rings is 1. The minimum Gasteiger partial charge on any atom is -0.396 e. The van der Waals surface area contributed by atoms with Crippen molar-refractivity contribution in [2.45, 2.75) is 32.9 Å². The van der Waals surface area contributed by atoms with E-state index >= 15 is 0 Å². The van der Waals surface area contributed by atoms with Crippen LogP contribution in [-0.2, 0) is 13.1 Å². The van der Waals surface area contributed by atoms with Gasteiger partial charge in [0.1, 0.15) is 0 Å². The van der Waals surface area contributed by atoms with E-state index in [1.807, 2.05) is 13.1 Å². The zero-order chi connectivity index (χ0) is 16.1. The number of anilines is 1. The molecule has 0 saturated carbocycles. The summed E-state index contributed by atoms with van der Waals surface area (Å²) in [7, 11) is 0. The number of aryl methyl sites for hydroxylation is 1. The summed E-state index contributed by atoms with van der Waals surface area (Å²) < 4.78 is 0. The molecule has 124 valence electrons. The molecule has 2 aromatic rings. The number of nitrogens with zero attached hydrogens (tertiary/aromatic N) is 2. The van der Waals surface area contributed by atoms with Crippen molar-refractivity contribution in [2.75, 3.05) is 25.0 Å². The summed E-state index contributed by atoms with van der Waals surface area (Å²) >= 11 is 1.74. The molecule has 4 nitrogen and oxygen atoms in total. The highest BCUT2D eigenvalue weighted by molar-refractivity contribution is 7.11. The molecule has 2 heterocycles. The normalized spacial score (nSPS) is 16.6. The van der Waals surface area contributed by atoms with Crippen molar-refractivity contribution >= 4 is 17.0 Å². The Balaban J connectivity index is 1.53. The van der Waals surface area contributed by atoms with Gasteiger partial charge in [0.05, 0.1) is 11.6 Å².